The molecule has 2 N–H and O–H groups in total. The van der Waals surface area contributed by atoms with Gasteiger partial charge in [0.1, 0.15) is 16.0 Å². The minimum atomic E-state index is -0.534. The fourth-order valence-corrected chi connectivity index (χ4v) is 1.55. The van der Waals surface area contributed by atoms with Crippen LogP contribution in [0.15, 0.2) is 16.9 Å². The number of ether oxygens (including phenoxy) is 1. The third-order valence-corrected chi connectivity index (χ3v) is 2.28. The van der Waals surface area contributed by atoms with Crippen molar-refractivity contribution < 1.29 is 9.53 Å². The van der Waals surface area contributed by atoms with Gasteiger partial charge in [0.2, 0.25) is 0 Å². The van der Waals surface area contributed by atoms with E-state index in [9.17, 15) is 4.79 Å². The van der Waals surface area contributed by atoms with Crippen LogP contribution < -0.4 is 5.73 Å². The van der Waals surface area contributed by atoms with Gasteiger partial charge in [-0.1, -0.05) is 0 Å². The van der Waals surface area contributed by atoms with Crippen molar-refractivity contribution in [2.75, 3.05) is 12.8 Å². The summed E-state index contributed by atoms with van der Waals surface area (Å²) >= 11 is 3.19. The Morgan fingerprint density at radius 3 is 3.07 bits per heavy atom. The zero-order chi connectivity index (χ0) is 11.0. The zero-order valence-corrected chi connectivity index (χ0v) is 9.35. The molecule has 0 saturated carbocycles. The van der Waals surface area contributed by atoms with Crippen LogP contribution in [0.5, 0.6) is 0 Å². The maximum atomic E-state index is 11.3. The minimum Gasteiger partial charge on any atom is -0.465 e. The van der Waals surface area contributed by atoms with Gasteiger partial charge >= 0.3 is 5.97 Å². The number of esters is 1. The van der Waals surface area contributed by atoms with E-state index in [1.165, 1.54) is 17.8 Å². The summed E-state index contributed by atoms with van der Waals surface area (Å²) in [5, 5.41) is 4.03. The van der Waals surface area contributed by atoms with Crippen LogP contribution in [0.2, 0.25) is 0 Å². The number of halogens is 1. The van der Waals surface area contributed by atoms with Gasteiger partial charge in [0, 0.05) is 12.3 Å². The first-order valence-electron chi connectivity index (χ1n) is 4.01. The topological polar surface area (TPSA) is 82.5 Å². The summed E-state index contributed by atoms with van der Waals surface area (Å²) in [6.45, 7) is 0. The lowest BCUT2D eigenvalue weighted by atomic mass is 10.3. The third-order valence-electron chi connectivity index (χ3n) is 1.90. The molecule has 78 valence electrons. The van der Waals surface area contributed by atoms with Crippen LogP contribution in [-0.2, 0) is 4.74 Å². The molecule has 0 spiro atoms. The van der Waals surface area contributed by atoms with Crippen LogP contribution in [0.4, 0.5) is 5.82 Å². The molecule has 0 atom stereocenters. The summed E-state index contributed by atoms with van der Waals surface area (Å²) in [7, 11) is 1.28. The van der Waals surface area contributed by atoms with Crippen LogP contribution in [0.1, 0.15) is 10.4 Å². The average molecular weight is 271 g/mol. The molecule has 15 heavy (non-hydrogen) atoms. The molecule has 0 aliphatic heterocycles. The van der Waals surface area contributed by atoms with Gasteiger partial charge in [-0.15, -0.1) is 0 Å². The Hall–Kier alpha value is -1.63. The minimum absolute atomic E-state index is 0.195. The van der Waals surface area contributed by atoms with E-state index >= 15 is 0 Å². The van der Waals surface area contributed by atoms with E-state index in [1.807, 2.05) is 0 Å². The van der Waals surface area contributed by atoms with Crippen molar-refractivity contribution in [2.24, 2.45) is 0 Å². The van der Waals surface area contributed by atoms with Gasteiger partial charge in [-0.3, -0.25) is 0 Å². The predicted octanol–water partition coefficient (Wildman–Crippen LogP) is 0.861. The molecule has 0 saturated heterocycles. The number of nitrogens with two attached hydrogens (primary N) is 1. The van der Waals surface area contributed by atoms with Gasteiger partial charge < -0.3 is 10.5 Å². The smallest absolute Gasteiger partial charge is 0.343 e. The van der Waals surface area contributed by atoms with Crippen molar-refractivity contribution in [3.05, 3.63) is 22.4 Å². The Labute approximate surface area is 93.2 Å². The van der Waals surface area contributed by atoms with Crippen LogP contribution in [0.25, 0.3) is 5.65 Å². The number of aromatic nitrogens is 3. The number of rotatable bonds is 1. The van der Waals surface area contributed by atoms with E-state index < -0.39 is 5.97 Å². The van der Waals surface area contributed by atoms with E-state index in [2.05, 4.69) is 30.7 Å². The summed E-state index contributed by atoms with van der Waals surface area (Å²) in [5.41, 5.74) is 6.50. The van der Waals surface area contributed by atoms with Crippen molar-refractivity contribution in [3.63, 3.8) is 0 Å². The second-order valence-electron chi connectivity index (χ2n) is 2.79. The molecule has 2 aromatic heterocycles. The van der Waals surface area contributed by atoms with Crippen molar-refractivity contribution >= 4 is 33.4 Å². The van der Waals surface area contributed by atoms with Crippen molar-refractivity contribution in [3.8, 4) is 0 Å². The van der Waals surface area contributed by atoms with E-state index in [-0.39, 0.29) is 11.4 Å². The number of nitrogens with zero attached hydrogens (tertiary/aromatic N) is 3. The third kappa shape index (κ3) is 1.54. The number of carbonyl (C=O) groups excluding carboxylic acids is 1. The largest absolute Gasteiger partial charge is 0.465 e. The zero-order valence-electron chi connectivity index (χ0n) is 7.77. The number of nitrogen functional groups attached to an aromatic ring is 1. The normalized spacial score (nSPS) is 10.5. The molecule has 6 nitrogen and oxygen atoms in total. The Kier molecular flexibility index (Phi) is 2.31. The molecule has 0 bridgehead atoms. The van der Waals surface area contributed by atoms with Crippen LogP contribution in [-0.4, -0.2) is 27.7 Å². The molecule has 0 fully saturated rings. The maximum Gasteiger partial charge on any atom is 0.343 e. The molecular formula is C8H7BrN4O2. The number of hydrogen-bond acceptors (Lipinski definition) is 5. The number of fused-ring (bicyclic) bond motifs is 1. The standard InChI is InChI=1S/C8H7BrN4O2/c1-15-8(14)4-3-11-6-2-5(9)12-13(6)7(4)10/h2-3H,10H2,1H3. The van der Waals surface area contributed by atoms with Crippen LogP contribution in [0.3, 0.4) is 0 Å². The lowest BCUT2D eigenvalue weighted by molar-refractivity contribution is 0.0601. The Morgan fingerprint density at radius 2 is 2.40 bits per heavy atom. The van der Waals surface area contributed by atoms with Crippen molar-refractivity contribution in [2.45, 2.75) is 0 Å². The number of hydrogen-bond donors (Lipinski definition) is 1. The molecule has 0 radical (unpaired) electrons. The molecule has 0 unspecified atom stereocenters. The second kappa shape index (κ2) is 3.50. The highest BCUT2D eigenvalue weighted by Crippen LogP contribution is 2.17. The first-order valence-corrected chi connectivity index (χ1v) is 4.81. The van der Waals surface area contributed by atoms with Crippen LogP contribution in [0, 0.1) is 0 Å². The lowest BCUT2D eigenvalue weighted by Gasteiger charge is -2.03. The summed E-state index contributed by atoms with van der Waals surface area (Å²) in [4.78, 5) is 15.3. The monoisotopic (exact) mass is 270 g/mol. The van der Waals surface area contributed by atoms with Gasteiger partial charge in [0.15, 0.2) is 5.65 Å². The van der Waals surface area contributed by atoms with Gasteiger partial charge in [-0.05, 0) is 15.9 Å². The highest BCUT2D eigenvalue weighted by molar-refractivity contribution is 9.10. The van der Waals surface area contributed by atoms with E-state index in [0.29, 0.717) is 10.3 Å². The molecule has 7 heteroatoms. The Bertz CT molecular complexity index is 537. The number of methoxy groups -OCH3 is 1. The van der Waals surface area contributed by atoms with Gasteiger partial charge in [0.05, 0.1) is 7.11 Å². The van der Waals surface area contributed by atoms with E-state index in [1.54, 1.807) is 6.07 Å². The molecule has 0 aliphatic rings. The first kappa shape index (κ1) is 9.91. The highest BCUT2D eigenvalue weighted by atomic mass is 79.9. The molecular weight excluding hydrogens is 264 g/mol. The summed E-state index contributed by atoms with van der Waals surface area (Å²) in [6, 6.07) is 1.69. The molecule has 2 rings (SSSR count). The number of carbonyl (C=O) groups is 1. The van der Waals surface area contributed by atoms with Gasteiger partial charge in [-0.2, -0.15) is 9.61 Å². The Balaban J connectivity index is 2.69. The van der Waals surface area contributed by atoms with E-state index in [4.69, 9.17) is 5.73 Å². The summed E-state index contributed by atoms with van der Waals surface area (Å²) in [6.07, 6.45) is 1.37. The second-order valence-corrected chi connectivity index (χ2v) is 3.60. The van der Waals surface area contributed by atoms with E-state index in [0.717, 1.165) is 0 Å². The van der Waals surface area contributed by atoms with Gasteiger partial charge in [0.25, 0.3) is 0 Å². The molecule has 2 aromatic rings. The molecule has 0 amide bonds. The quantitative estimate of drug-likeness (QED) is 0.778. The molecule has 0 aromatic carbocycles. The average Bonchev–Trinajstić information content (AvgIpc) is 2.59. The summed E-state index contributed by atoms with van der Waals surface area (Å²) < 4.78 is 6.53. The Morgan fingerprint density at radius 1 is 1.67 bits per heavy atom. The maximum absolute atomic E-state index is 11.3. The fraction of sp³-hybridized carbons (Fsp3) is 0.125. The SMILES string of the molecule is COC(=O)c1cnc2cc(Br)nn2c1N. The van der Waals surface area contributed by atoms with Gasteiger partial charge in [-0.25, -0.2) is 9.78 Å². The molecule has 2 heterocycles. The van der Waals surface area contributed by atoms with Crippen LogP contribution >= 0.6 is 15.9 Å². The molecule has 0 aliphatic carbocycles. The first-order chi connectivity index (χ1) is 7.13. The number of anilines is 1. The lowest BCUT2D eigenvalue weighted by Crippen LogP contribution is -2.11. The fourth-order valence-electron chi connectivity index (χ4n) is 1.19. The predicted molar refractivity (Wildman–Crippen MR) is 56.4 cm³/mol. The summed E-state index contributed by atoms with van der Waals surface area (Å²) in [5.74, 6) is -0.328. The van der Waals surface area contributed by atoms with Crippen molar-refractivity contribution in [1.29, 1.82) is 0 Å². The van der Waals surface area contributed by atoms with Crippen molar-refractivity contribution in [1.82, 2.24) is 14.6 Å². The highest BCUT2D eigenvalue weighted by Gasteiger charge is 2.14.